The van der Waals surface area contributed by atoms with Gasteiger partial charge in [-0.25, -0.2) is 0 Å². The minimum Gasteiger partial charge on any atom is -0.393 e. The Hall–Kier alpha value is -0.0800. The second-order valence-electron chi connectivity index (χ2n) is 5.33. The molecule has 0 spiro atoms. The van der Waals surface area contributed by atoms with E-state index >= 15 is 0 Å². The first-order chi connectivity index (χ1) is 7.34. The molecular formula is C13H24O2. The van der Waals surface area contributed by atoms with Crippen LogP contribution < -0.4 is 0 Å². The quantitative estimate of drug-likeness (QED) is 0.776. The van der Waals surface area contributed by atoms with Gasteiger partial charge in [0.15, 0.2) is 0 Å². The summed E-state index contributed by atoms with van der Waals surface area (Å²) in [7, 11) is 0. The van der Waals surface area contributed by atoms with E-state index in [1.807, 2.05) is 0 Å². The van der Waals surface area contributed by atoms with Crippen molar-refractivity contribution in [3.63, 3.8) is 0 Å². The molecule has 1 saturated heterocycles. The predicted molar refractivity (Wildman–Crippen MR) is 60.7 cm³/mol. The Labute approximate surface area is 93.0 Å². The van der Waals surface area contributed by atoms with E-state index in [0.29, 0.717) is 0 Å². The summed E-state index contributed by atoms with van der Waals surface area (Å²) >= 11 is 0. The van der Waals surface area contributed by atoms with Crippen LogP contribution in [0.25, 0.3) is 0 Å². The molecule has 1 saturated carbocycles. The number of aliphatic hydroxyl groups excluding tert-OH is 1. The molecule has 1 heterocycles. The summed E-state index contributed by atoms with van der Waals surface area (Å²) in [5, 5.41) is 10.0. The fourth-order valence-electron chi connectivity index (χ4n) is 3.09. The van der Waals surface area contributed by atoms with Crippen LogP contribution in [0.2, 0.25) is 0 Å². The van der Waals surface area contributed by atoms with E-state index in [9.17, 15) is 5.11 Å². The molecule has 88 valence electrons. The average molecular weight is 212 g/mol. The highest BCUT2D eigenvalue weighted by atomic mass is 16.5. The summed E-state index contributed by atoms with van der Waals surface area (Å²) in [6.07, 6.45) is 9.80. The lowest BCUT2D eigenvalue weighted by Crippen LogP contribution is -2.22. The van der Waals surface area contributed by atoms with E-state index in [2.05, 4.69) is 0 Å². The molecule has 15 heavy (non-hydrogen) atoms. The highest BCUT2D eigenvalue weighted by Crippen LogP contribution is 2.31. The van der Waals surface area contributed by atoms with E-state index in [0.717, 1.165) is 50.7 Å². The maximum atomic E-state index is 10.0. The first-order valence-electron chi connectivity index (χ1n) is 6.60. The minimum absolute atomic E-state index is 0.0452. The van der Waals surface area contributed by atoms with E-state index in [4.69, 9.17) is 4.74 Å². The van der Waals surface area contributed by atoms with Gasteiger partial charge in [0.05, 0.1) is 6.10 Å². The van der Waals surface area contributed by atoms with Gasteiger partial charge in [0, 0.05) is 13.2 Å². The fraction of sp³-hybridized carbons (Fsp3) is 1.00. The van der Waals surface area contributed by atoms with Gasteiger partial charge in [-0.05, 0) is 37.5 Å². The molecule has 2 aliphatic rings. The van der Waals surface area contributed by atoms with Crippen molar-refractivity contribution in [2.45, 2.75) is 57.5 Å². The molecule has 1 atom stereocenters. The third-order valence-electron chi connectivity index (χ3n) is 4.03. The number of ether oxygens (including phenoxy) is 1. The molecule has 0 bridgehead atoms. The van der Waals surface area contributed by atoms with Crippen LogP contribution in [-0.4, -0.2) is 24.4 Å². The maximum Gasteiger partial charge on any atom is 0.0545 e. The molecule has 0 aromatic rings. The van der Waals surface area contributed by atoms with Crippen LogP contribution >= 0.6 is 0 Å². The molecule has 1 aliphatic heterocycles. The molecular weight excluding hydrogens is 188 g/mol. The van der Waals surface area contributed by atoms with Gasteiger partial charge in [-0.1, -0.05) is 25.7 Å². The standard InChI is InChI=1S/C13H24O2/c14-13(9-11-3-1-2-4-11)10-12-5-7-15-8-6-12/h11-14H,1-10H2. The molecule has 0 amide bonds. The molecule has 2 fully saturated rings. The molecule has 2 nitrogen and oxygen atoms in total. The normalized spacial score (nSPS) is 27.0. The summed E-state index contributed by atoms with van der Waals surface area (Å²) in [6, 6.07) is 0. The van der Waals surface area contributed by atoms with Crippen molar-refractivity contribution in [1.29, 1.82) is 0 Å². The van der Waals surface area contributed by atoms with Crippen LogP contribution in [0.15, 0.2) is 0 Å². The molecule has 0 aromatic heterocycles. The number of hydrogen-bond donors (Lipinski definition) is 1. The predicted octanol–water partition coefficient (Wildman–Crippen LogP) is 2.74. The second-order valence-corrected chi connectivity index (χ2v) is 5.33. The van der Waals surface area contributed by atoms with Crippen molar-refractivity contribution in [2.24, 2.45) is 11.8 Å². The zero-order valence-electron chi connectivity index (χ0n) is 9.66. The van der Waals surface area contributed by atoms with Gasteiger partial charge in [0.25, 0.3) is 0 Å². The van der Waals surface area contributed by atoms with Crippen LogP contribution in [0, 0.1) is 11.8 Å². The Morgan fingerprint density at radius 1 is 0.933 bits per heavy atom. The Morgan fingerprint density at radius 3 is 2.07 bits per heavy atom. The van der Waals surface area contributed by atoms with Crippen LogP contribution in [-0.2, 0) is 4.74 Å². The molecule has 1 N–H and O–H groups in total. The van der Waals surface area contributed by atoms with Gasteiger partial charge < -0.3 is 9.84 Å². The van der Waals surface area contributed by atoms with Crippen LogP contribution in [0.3, 0.4) is 0 Å². The second kappa shape index (κ2) is 5.86. The number of hydrogen-bond acceptors (Lipinski definition) is 2. The number of aliphatic hydroxyl groups is 1. The molecule has 2 rings (SSSR count). The van der Waals surface area contributed by atoms with Crippen molar-refractivity contribution in [2.75, 3.05) is 13.2 Å². The third kappa shape index (κ3) is 3.76. The molecule has 0 aromatic carbocycles. The minimum atomic E-state index is -0.0452. The fourth-order valence-corrected chi connectivity index (χ4v) is 3.09. The zero-order chi connectivity index (χ0) is 10.5. The van der Waals surface area contributed by atoms with Gasteiger partial charge in [-0.2, -0.15) is 0 Å². The smallest absolute Gasteiger partial charge is 0.0545 e. The monoisotopic (exact) mass is 212 g/mol. The van der Waals surface area contributed by atoms with Crippen molar-refractivity contribution in [3.05, 3.63) is 0 Å². The van der Waals surface area contributed by atoms with Gasteiger partial charge in [0.2, 0.25) is 0 Å². The summed E-state index contributed by atoms with van der Waals surface area (Å²) in [5.74, 6) is 1.54. The van der Waals surface area contributed by atoms with Crippen molar-refractivity contribution in [3.8, 4) is 0 Å². The van der Waals surface area contributed by atoms with Crippen LogP contribution in [0.5, 0.6) is 0 Å². The lowest BCUT2D eigenvalue weighted by Gasteiger charge is -2.25. The SMILES string of the molecule is OC(CC1CCCC1)CC1CCOCC1. The zero-order valence-corrected chi connectivity index (χ0v) is 9.66. The van der Waals surface area contributed by atoms with E-state index in [1.165, 1.54) is 25.7 Å². The average Bonchev–Trinajstić information content (AvgIpc) is 2.71. The highest BCUT2D eigenvalue weighted by molar-refractivity contribution is 4.74. The molecule has 2 heteroatoms. The van der Waals surface area contributed by atoms with Gasteiger partial charge in [-0.15, -0.1) is 0 Å². The molecule has 1 aliphatic carbocycles. The van der Waals surface area contributed by atoms with Gasteiger partial charge in [-0.3, -0.25) is 0 Å². The van der Waals surface area contributed by atoms with E-state index in [1.54, 1.807) is 0 Å². The first-order valence-corrected chi connectivity index (χ1v) is 6.60. The summed E-state index contributed by atoms with van der Waals surface area (Å²) < 4.78 is 5.33. The summed E-state index contributed by atoms with van der Waals surface area (Å²) in [6.45, 7) is 1.81. The van der Waals surface area contributed by atoms with E-state index in [-0.39, 0.29) is 6.10 Å². The largest absolute Gasteiger partial charge is 0.393 e. The summed E-state index contributed by atoms with van der Waals surface area (Å²) in [4.78, 5) is 0. The van der Waals surface area contributed by atoms with Crippen molar-refractivity contribution >= 4 is 0 Å². The lowest BCUT2D eigenvalue weighted by atomic mass is 9.89. The number of rotatable bonds is 4. The van der Waals surface area contributed by atoms with Crippen LogP contribution in [0.4, 0.5) is 0 Å². The Bertz CT molecular complexity index is 169. The molecule has 0 radical (unpaired) electrons. The summed E-state index contributed by atoms with van der Waals surface area (Å²) in [5.41, 5.74) is 0. The van der Waals surface area contributed by atoms with E-state index < -0.39 is 0 Å². The Morgan fingerprint density at radius 2 is 1.47 bits per heavy atom. The topological polar surface area (TPSA) is 29.5 Å². The third-order valence-corrected chi connectivity index (χ3v) is 4.03. The first kappa shape index (κ1) is 11.4. The van der Waals surface area contributed by atoms with Crippen molar-refractivity contribution in [1.82, 2.24) is 0 Å². The highest BCUT2D eigenvalue weighted by Gasteiger charge is 2.22. The maximum absolute atomic E-state index is 10.0. The van der Waals surface area contributed by atoms with Crippen LogP contribution in [0.1, 0.15) is 51.4 Å². The van der Waals surface area contributed by atoms with Crippen molar-refractivity contribution < 1.29 is 9.84 Å². The lowest BCUT2D eigenvalue weighted by molar-refractivity contribution is 0.0385. The van der Waals surface area contributed by atoms with Gasteiger partial charge in [0.1, 0.15) is 0 Å². The Balaban J connectivity index is 1.64. The van der Waals surface area contributed by atoms with Gasteiger partial charge >= 0.3 is 0 Å². The Kier molecular flexibility index (Phi) is 4.45. The molecule has 1 unspecified atom stereocenters.